The molecule has 7 heteroatoms. The van der Waals surface area contributed by atoms with E-state index in [4.69, 9.17) is 4.74 Å². The zero-order valence-corrected chi connectivity index (χ0v) is 18.5. The van der Waals surface area contributed by atoms with Crippen molar-refractivity contribution in [3.8, 4) is 5.75 Å². The Morgan fingerprint density at radius 3 is 2.42 bits per heavy atom. The lowest BCUT2D eigenvalue weighted by Gasteiger charge is -2.39. The second kappa shape index (κ2) is 9.98. The van der Waals surface area contributed by atoms with Crippen LogP contribution in [0.25, 0.3) is 10.8 Å². The maximum atomic E-state index is 13.1. The summed E-state index contributed by atoms with van der Waals surface area (Å²) in [5, 5.41) is 5.39. The minimum absolute atomic E-state index is 0. The first-order valence-corrected chi connectivity index (χ1v) is 10.2. The Labute approximate surface area is 188 Å². The smallest absolute Gasteiger partial charge is 0.252 e. The van der Waals surface area contributed by atoms with Gasteiger partial charge in [0, 0.05) is 42.8 Å². The number of hydrogen-bond acceptors (Lipinski definition) is 4. The van der Waals surface area contributed by atoms with E-state index in [1.807, 2.05) is 13.0 Å². The van der Waals surface area contributed by atoms with E-state index in [-0.39, 0.29) is 30.3 Å². The van der Waals surface area contributed by atoms with Gasteiger partial charge in [-0.3, -0.25) is 9.69 Å². The zero-order valence-electron chi connectivity index (χ0n) is 17.7. The van der Waals surface area contributed by atoms with Crippen molar-refractivity contribution in [1.29, 1.82) is 0 Å². The normalized spacial score (nSPS) is 15.3. The van der Waals surface area contributed by atoms with Gasteiger partial charge in [0.05, 0.1) is 13.3 Å². The summed E-state index contributed by atoms with van der Waals surface area (Å²) < 4.78 is 18.5. The summed E-state index contributed by atoms with van der Waals surface area (Å²) in [4.78, 5) is 17.1. The van der Waals surface area contributed by atoms with E-state index in [1.165, 1.54) is 40.7 Å². The van der Waals surface area contributed by atoms with E-state index in [0.717, 1.165) is 31.9 Å². The third kappa shape index (κ3) is 5.09. The number of methoxy groups -OCH3 is 1. The van der Waals surface area contributed by atoms with Crippen molar-refractivity contribution in [2.24, 2.45) is 0 Å². The number of hydrogen-bond donors (Lipinski definition) is 1. The number of fused-ring (bicyclic) bond motifs is 1. The molecule has 3 aromatic rings. The van der Waals surface area contributed by atoms with Crippen molar-refractivity contribution in [2.75, 3.05) is 38.2 Å². The summed E-state index contributed by atoms with van der Waals surface area (Å²) in [6.45, 7) is 5.40. The van der Waals surface area contributed by atoms with Gasteiger partial charge in [-0.1, -0.05) is 18.2 Å². The van der Waals surface area contributed by atoms with E-state index in [1.54, 1.807) is 7.11 Å². The molecule has 0 saturated carbocycles. The van der Waals surface area contributed by atoms with Crippen molar-refractivity contribution in [2.45, 2.75) is 13.1 Å². The lowest BCUT2D eigenvalue weighted by atomic mass is 10.1. The number of benzene rings is 3. The standard InChI is InChI=1S/C24H26FN3O2.ClH/c1-17(26-24(29)19-6-9-20(25)10-7-19)27-12-14-28(15-13-27)23-5-3-4-18-8-11-21(30-2)16-22(18)23;/h3-11,16-17H,12-15H2,1-2H3,(H,26,29);1H. The molecule has 0 bridgehead atoms. The summed E-state index contributed by atoms with van der Waals surface area (Å²) in [5.74, 6) is 0.318. The minimum atomic E-state index is -0.346. The number of nitrogens with one attached hydrogen (secondary N) is 1. The van der Waals surface area contributed by atoms with Gasteiger partial charge in [-0.05, 0) is 54.8 Å². The van der Waals surface area contributed by atoms with E-state index >= 15 is 0 Å². The second-order valence-electron chi connectivity index (χ2n) is 7.54. The molecule has 0 aromatic heterocycles. The molecular weight excluding hydrogens is 417 g/mol. The Balaban J connectivity index is 0.00000272. The number of halogens is 2. The number of carbonyl (C=O) groups excluding carboxylic acids is 1. The maximum absolute atomic E-state index is 13.1. The average molecular weight is 444 g/mol. The molecule has 4 rings (SSSR count). The number of rotatable bonds is 5. The molecule has 0 radical (unpaired) electrons. The van der Waals surface area contributed by atoms with Crippen molar-refractivity contribution >= 4 is 34.8 Å². The lowest BCUT2D eigenvalue weighted by molar-refractivity contribution is 0.0858. The van der Waals surface area contributed by atoms with Crippen molar-refractivity contribution in [1.82, 2.24) is 10.2 Å². The molecule has 0 spiro atoms. The summed E-state index contributed by atoms with van der Waals surface area (Å²) >= 11 is 0. The summed E-state index contributed by atoms with van der Waals surface area (Å²) in [6.07, 6.45) is -0.0997. The van der Waals surface area contributed by atoms with Crippen molar-refractivity contribution < 1.29 is 13.9 Å². The third-order valence-corrected chi connectivity index (χ3v) is 5.72. The van der Waals surface area contributed by atoms with Crippen LogP contribution < -0.4 is 15.0 Å². The van der Waals surface area contributed by atoms with Crippen LogP contribution >= 0.6 is 12.4 Å². The summed E-state index contributed by atoms with van der Waals surface area (Å²) in [6, 6.07) is 18.1. The highest BCUT2D eigenvalue weighted by molar-refractivity contribution is 5.95. The number of anilines is 1. The first-order valence-electron chi connectivity index (χ1n) is 10.2. The van der Waals surface area contributed by atoms with E-state index in [0.29, 0.717) is 5.56 Å². The molecule has 1 atom stereocenters. The third-order valence-electron chi connectivity index (χ3n) is 5.72. The van der Waals surface area contributed by atoms with Gasteiger partial charge in [0.2, 0.25) is 0 Å². The van der Waals surface area contributed by atoms with Crippen LogP contribution in [0.4, 0.5) is 10.1 Å². The fraction of sp³-hybridized carbons (Fsp3) is 0.292. The predicted octanol–water partition coefficient (Wildman–Crippen LogP) is 4.31. The molecule has 31 heavy (non-hydrogen) atoms. The average Bonchev–Trinajstić information content (AvgIpc) is 2.78. The maximum Gasteiger partial charge on any atom is 0.252 e. The molecule has 0 aliphatic carbocycles. The second-order valence-corrected chi connectivity index (χ2v) is 7.54. The fourth-order valence-corrected chi connectivity index (χ4v) is 3.95. The molecule has 1 heterocycles. The molecule has 3 aromatic carbocycles. The van der Waals surface area contributed by atoms with Gasteiger partial charge in [0.1, 0.15) is 11.6 Å². The number of amides is 1. The van der Waals surface area contributed by atoms with Gasteiger partial charge in [0.25, 0.3) is 5.91 Å². The van der Waals surface area contributed by atoms with Gasteiger partial charge >= 0.3 is 0 Å². The van der Waals surface area contributed by atoms with Crippen LogP contribution in [0.1, 0.15) is 17.3 Å². The van der Waals surface area contributed by atoms with Crippen LogP contribution in [0.5, 0.6) is 5.75 Å². The molecule has 1 unspecified atom stereocenters. The summed E-state index contributed by atoms with van der Waals surface area (Å²) in [7, 11) is 1.68. The van der Waals surface area contributed by atoms with Gasteiger partial charge in [-0.2, -0.15) is 0 Å². The molecule has 164 valence electrons. The van der Waals surface area contributed by atoms with Crippen LogP contribution in [0.2, 0.25) is 0 Å². The largest absolute Gasteiger partial charge is 0.497 e. The minimum Gasteiger partial charge on any atom is -0.497 e. The monoisotopic (exact) mass is 443 g/mol. The van der Waals surface area contributed by atoms with Crippen LogP contribution in [0.15, 0.2) is 60.7 Å². The number of ether oxygens (including phenoxy) is 1. The molecule has 1 aliphatic rings. The molecule has 1 saturated heterocycles. The molecule has 1 N–H and O–H groups in total. The van der Waals surface area contributed by atoms with Crippen LogP contribution in [0.3, 0.4) is 0 Å². The molecule has 1 fully saturated rings. The van der Waals surface area contributed by atoms with E-state index < -0.39 is 0 Å². The Hall–Kier alpha value is -2.83. The number of carbonyl (C=O) groups is 1. The van der Waals surface area contributed by atoms with E-state index in [2.05, 4.69) is 45.4 Å². The van der Waals surface area contributed by atoms with Gasteiger partial charge in [-0.25, -0.2) is 4.39 Å². The van der Waals surface area contributed by atoms with Crippen molar-refractivity contribution in [3.63, 3.8) is 0 Å². The highest BCUT2D eigenvalue weighted by atomic mass is 35.5. The molecule has 1 amide bonds. The Kier molecular flexibility index (Phi) is 7.36. The SMILES string of the molecule is COc1ccc2cccc(N3CCN(C(C)NC(=O)c4ccc(F)cc4)CC3)c2c1.Cl. The first kappa shape index (κ1) is 22.8. The molecule has 1 aliphatic heterocycles. The topological polar surface area (TPSA) is 44.8 Å². The highest BCUT2D eigenvalue weighted by Gasteiger charge is 2.23. The first-order chi connectivity index (χ1) is 14.5. The predicted molar refractivity (Wildman–Crippen MR) is 125 cm³/mol. The highest BCUT2D eigenvalue weighted by Crippen LogP contribution is 2.30. The Bertz CT molecular complexity index is 1040. The van der Waals surface area contributed by atoms with Gasteiger partial charge in [0.15, 0.2) is 0 Å². The Morgan fingerprint density at radius 2 is 1.74 bits per heavy atom. The van der Waals surface area contributed by atoms with Crippen LogP contribution in [-0.4, -0.2) is 50.3 Å². The quantitative estimate of drug-likeness (QED) is 0.638. The van der Waals surface area contributed by atoms with Crippen LogP contribution in [0, 0.1) is 5.82 Å². The fourth-order valence-electron chi connectivity index (χ4n) is 3.95. The zero-order chi connectivity index (χ0) is 21.1. The van der Waals surface area contributed by atoms with Gasteiger partial charge in [-0.15, -0.1) is 12.4 Å². The molecule has 5 nitrogen and oxygen atoms in total. The number of piperazine rings is 1. The lowest BCUT2D eigenvalue weighted by Crippen LogP contribution is -2.54. The Morgan fingerprint density at radius 1 is 1.03 bits per heavy atom. The number of nitrogens with zero attached hydrogens (tertiary/aromatic N) is 2. The van der Waals surface area contributed by atoms with Gasteiger partial charge < -0.3 is 15.0 Å². The van der Waals surface area contributed by atoms with Crippen molar-refractivity contribution in [3.05, 3.63) is 72.0 Å². The van der Waals surface area contributed by atoms with Crippen LogP contribution in [-0.2, 0) is 0 Å². The summed E-state index contributed by atoms with van der Waals surface area (Å²) in [5.41, 5.74) is 1.67. The van der Waals surface area contributed by atoms with E-state index in [9.17, 15) is 9.18 Å². The molecular formula is C24H27ClFN3O2.